The standard InChI is InChI=1S/C18H23N5O/c1-14-15(18(24)20-9-5-8-19)6-7-17-16(14)12-23(21-17)13-22-10-3-2-4-11-22/h6-7,12H,2-5,9-11,13H2,1H3,(H,20,24). The number of benzene rings is 1. The Hall–Kier alpha value is -2.39. The predicted octanol–water partition coefficient (Wildman–Crippen LogP) is 2.43. The number of hydrogen-bond acceptors (Lipinski definition) is 4. The first-order valence-corrected chi connectivity index (χ1v) is 8.53. The van der Waals surface area contributed by atoms with Gasteiger partial charge in [-0.15, -0.1) is 0 Å². The molecule has 0 aliphatic carbocycles. The van der Waals surface area contributed by atoms with E-state index in [1.165, 1.54) is 19.3 Å². The summed E-state index contributed by atoms with van der Waals surface area (Å²) in [6.45, 7) is 5.39. The molecule has 0 spiro atoms. The van der Waals surface area contributed by atoms with Gasteiger partial charge in [-0.2, -0.15) is 10.4 Å². The Labute approximate surface area is 142 Å². The van der Waals surface area contributed by atoms with E-state index < -0.39 is 0 Å². The third kappa shape index (κ3) is 3.57. The van der Waals surface area contributed by atoms with Crippen molar-refractivity contribution < 1.29 is 4.79 Å². The Bertz CT molecular complexity index is 768. The second-order valence-corrected chi connectivity index (χ2v) is 6.32. The molecule has 2 heterocycles. The number of rotatable bonds is 5. The number of fused-ring (bicyclic) bond motifs is 1. The highest BCUT2D eigenvalue weighted by atomic mass is 16.1. The van der Waals surface area contributed by atoms with Crippen molar-refractivity contribution in [2.24, 2.45) is 0 Å². The minimum atomic E-state index is -0.131. The van der Waals surface area contributed by atoms with Crippen LogP contribution >= 0.6 is 0 Å². The van der Waals surface area contributed by atoms with Crippen molar-refractivity contribution in [1.29, 1.82) is 5.26 Å². The average molecular weight is 325 g/mol. The summed E-state index contributed by atoms with van der Waals surface area (Å²) in [7, 11) is 0. The average Bonchev–Trinajstić information content (AvgIpc) is 3.00. The number of carbonyl (C=O) groups is 1. The highest BCUT2D eigenvalue weighted by Crippen LogP contribution is 2.21. The van der Waals surface area contributed by atoms with Gasteiger partial charge in [-0.3, -0.25) is 14.4 Å². The van der Waals surface area contributed by atoms with Crippen molar-refractivity contribution in [2.75, 3.05) is 19.6 Å². The van der Waals surface area contributed by atoms with Gasteiger partial charge in [0.2, 0.25) is 0 Å². The molecule has 1 aromatic carbocycles. The van der Waals surface area contributed by atoms with Crippen LogP contribution in [0.5, 0.6) is 0 Å². The Kier molecular flexibility index (Phi) is 5.11. The van der Waals surface area contributed by atoms with Crippen LogP contribution in [0.2, 0.25) is 0 Å². The number of carbonyl (C=O) groups excluding carboxylic acids is 1. The van der Waals surface area contributed by atoms with E-state index in [1.54, 1.807) is 0 Å². The number of likely N-dealkylation sites (tertiary alicyclic amines) is 1. The third-order valence-electron chi connectivity index (χ3n) is 4.57. The summed E-state index contributed by atoms with van der Waals surface area (Å²) >= 11 is 0. The molecule has 1 N–H and O–H groups in total. The lowest BCUT2D eigenvalue weighted by Crippen LogP contribution is -2.31. The van der Waals surface area contributed by atoms with Gasteiger partial charge in [-0.25, -0.2) is 0 Å². The topological polar surface area (TPSA) is 74.0 Å². The Morgan fingerprint density at radius 2 is 2.12 bits per heavy atom. The number of nitrogens with one attached hydrogen (secondary N) is 1. The molecule has 24 heavy (non-hydrogen) atoms. The maximum absolute atomic E-state index is 12.3. The Morgan fingerprint density at radius 1 is 1.33 bits per heavy atom. The summed E-state index contributed by atoms with van der Waals surface area (Å²) in [5.41, 5.74) is 2.50. The second kappa shape index (κ2) is 7.45. The highest BCUT2D eigenvalue weighted by molar-refractivity contribution is 6.00. The molecule has 6 nitrogen and oxygen atoms in total. The van der Waals surface area contributed by atoms with E-state index in [4.69, 9.17) is 5.26 Å². The number of aryl methyl sites for hydroxylation is 1. The molecule has 1 aliphatic heterocycles. The number of amides is 1. The van der Waals surface area contributed by atoms with Crippen LogP contribution < -0.4 is 5.32 Å². The van der Waals surface area contributed by atoms with E-state index >= 15 is 0 Å². The molecule has 2 aromatic rings. The molecule has 0 unspecified atom stereocenters. The maximum atomic E-state index is 12.3. The predicted molar refractivity (Wildman–Crippen MR) is 92.5 cm³/mol. The maximum Gasteiger partial charge on any atom is 0.251 e. The molecule has 0 atom stereocenters. The zero-order valence-corrected chi connectivity index (χ0v) is 14.1. The van der Waals surface area contributed by atoms with Crippen LogP contribution in [0.4, 0.5) is 0 Å². The molecule has 126 valence electrons. The summed E-state index contributed by atoms with van der Waals surface area (Å²) in [4.78, 5) is 14.7. The molecule has 0 radical (unpaired) electrons. The van der Waals surface area contributed by atoms with Crippen molar-refractivity contribution in [3.05, 3.63) is 29.5 Å². The smallest absolute Gasteiger partial charge is 0.251 e. The number of aromatic nitrogens is 2. The van der Waals surface area contributed by atoms with Gasteiger partial charge in [0, 0.05) is 23.7 Å². The van der Waals surface area contributed by atoms with Crippen LogP contribution in [0.3, 0.4) is 0 Å². The summed E-state index contributed by atoms with van der Waals surface area (Å²) in [5, 5.41) is 17.0. The number of hydrogen-bond donors (Lipinski definition) is 1. The molecule has 1 aromatic heterocycles. The van der Waals surface area contributed by atoms with E-state index in [9.17, 15) is 4.79 Å². The molecule has 1 saturated heterocycles. The lowest BCUT2D eigenvalue weighted by molar-refractivity contribution is 0.0954. The minimum Gasteiger partial charge on any atom is -0.351 e. The molecule has 1 aliphatic rings. The minimum absolute atomic E-state index is 0.131. The third-order valence-corrected chi connectivity index (χ3v) is 4.57. The first-order valence-electron chi connectivity index (χ1n) is 8.53. The van der Waals surface area contributed by atoms with Crippen LogP contribution in [0.25, 0.3) is 10.9 Å². The van der Waals surface area contributed by atoms with E-state index in [0.717, 1.165) is 36.2 Å². The van der Waals surface area contributed by atoms with Gasteiger partial charge in [-0.05, 0) is 50.6 Å². The van der Waals surface area contributed by atoms with Gasteiger partial charge in [0.25, 0.3) is 5.91 Å². The van der Waals surface area contributed by atoms with Crippen LogP contribution in [0.1, 0.15) is 41.6 Å². The molecule has 1 amide bonds. The lowest BCUT2D eigenvalue weighted by Gasteiger charge is -2.25. The largest absolute Gasteiger partial charge is 0.351 e. The zero-order chi connectivity index (χ0) is 16.9. The summed E-state index contributed by atoms with van der Waals surface area (Å²) in [5.74, 6) is -0.131. The summed E-state index contributed by atoms with van der Waals surface area (Å²) in [6, 6.07) is 5.74. The number of nitriles is 1. The van der Waals surface area contributed by atoms with Gasteiger partial charge in [-0.1, -0.05) is 6.42 Å². The highest BCUT2D eigenvalue weighted by Gasteiger charge is 2.15. The van der Waals surface area contributed by atoms with E-state index in [1.807, 2.05) is 36.0 Å². The first-order chi connectivity index (χ1) is 11.7. The van der Waals surface area contributed by atoms with Gasteiger partial charge < -0.3 is 5.32 Å². The van der Waals surface area contributed by atoms with E-state index in [2.05, 4.69) is 15.3 Å². The van der Waals surface area contributed by atoms with Crippen molar-refractivity contribution in [3.63, 3.8) is 0 Å². The molecule has 6 heteroatoms. The molecule has 0 bridgehead atoms. The molecular weight excluding hydrogens is 302 g/mol. The fourth-order valence-corrected chi connectivity index (χ4v) is 3.23. The lowest BCUT2D eigenvalue weighted by atomic mass is 10.0. The molecule has 0 saturated carbocycles. The van der Waals surface area contributed by atoms with Crippen molar-refractivity contribution >= 4 is 16.8 Å². The summed E-state index contributed by atoms with van der Waals surface area (Å²) < 4.78 is 1.97. The SMILES string of the molecule is Cc1c(C(=O)NCCC#N)ccc2nn(CN3CCCCC3)cc12. The number of nitrogens with zero attached hydrogens (tertiary/aromatic N) is 4. The van der Waals surface area contributed by atoms with E-state index in [0.29, 0.717) is 18.5 Å². The van der Waals surface area contributed by atoms with Crippen LogP contribution in [0, 0.1) is 18.3 Å². The van der Waals surface area contributed by atoms with Crippen molar-refractivity contribution in [1.82, 2.24) is 20.0 Å². The fourth-order valence-electron chi connectivity index (χ4n) is 3.23. The van der Waals surface area contributed by atoms with Crippen LogP contribution in [0.15, 0.2) is 18.3 Å². The summed E-state index contributed by atoms with van der Waals surface area (Å²) in [6.07, 6.45) is 6.19. The second-order valence-electron chi connectivity index (χ2n) is 6.32. The van der Waals surface area contributed by atoms with Crippen molar-refractivity contribution in [3.8, 4) is 6.07 Å². The van der Waals surface area contributed by atoms with E-state index in [-0.39, 0.29) is 5.91 Å². The van der Waals surface area contributed by atoms with Gasteiger partial charge >= 0.3 is 0 Å². The number of piperidine rings is 1. The quantitative estimate of drug-likeness (QED) is 0.857. The molecule has 3 rings (SSSR count). The van der Waals surface area contributed by atoms with Crippen LogP contribution in [-0.4, -0.2) is 40.2 Å². The molecule has 1 fully saturated rings. The normalized spacial score (nSPS) is 15.3. The van der Waals surface area contributed by atoms with Crippen molar-refractivity contribution in [2.45, 2.75) is 39.3 Å². The fraction of sp³-hybridized carbons (Fsp3) is 0.500. The van der Waals surface area contributed by atoms with Gasteiger partial charge in [0.15, 0.2) is 0 Å². The molecular formula is C18H23N5O. The Morgan fingerprint density at radius 3 is 2.88 bits per heavy atom. The zero-order valence-electron chi connectivity index (χ0n) is 14.1. The first kappa shape index (κ1) is 16.5. The van der Waals surface area contributed by atoms with Crippen LogP contribution in [-0.2, 0) is 6.67 Å². The van der Waals surface area contributed by atoms with Gasteiger partial charge in [0.05, 0.1) is 24.7 Å². The Balaban J connectivity index is 1.78. The monoisotopic (exact) mass is 325 g/mol. The van der Waals surface area contributed by atoms with Gasteiger partial charge in [0.1, 0.15) is 0 Å².